The number of benzene rings is 2. The smallest absolute Gasteiger partial charge is 0.282 e. The van der Waals surface area contributed by atoms with Crippen molar-refractivity contribution in [1.82, 2.24) is 15.5 Å². The number of hydrogen-bond acceptors (Lipinski definition) is 6. The van der Waals surface area contributed by atoms with Crippen LogP contribution in [0, 0.1) is 10.1 Å². The molecule has 1 unspecified atom stereocenters. The molecule has 186 valence electrons. The number of nitrogens with one attached hydrogen (secondary N) is 2. The third-order valence-corrected chi connectivity index (χ3v) is 6.31. The largest absolute Gasteiger partial charge is 0.368 e. The zero-order valence-corrected chi connectivity index (χ0v) is 20.7. The van der Waals surface area contributed by atoms with Crippen molar-refractivity contribution in [3.05, 3.63) is 67.7 Å². The molecule has 1 aliphatic rings. The number of halogens is 2. The molecule has 3 amide bonds. The number of nitrogens with zero attached hydrogens (tertiary/aromatic N) is 3. The third-order valence-electron chi connectivity index (χ3n) is 5.72. The first kappa shape index (κ1) is 26.2. The van der Waals surface area contributed by atoms with Crippen molar-refractivity contribution in [3.63, 3.8) is 0 Å². The Bertz CT molecular complexity index is 1150. The first-order chi connectivity index (χ1) is 16.6. The van der Waals surface area contributed by atoms with Gasteiger partial charge in [-0.3, -0.25) is 24.5 Å². The quantitative estimate of drug-likeness (QED) is 0.426. The van der Waals surface area contributed by atoms with Crippen LogP contribution in [0.3, 0.4) is 0 Å². The van der Waals surface area contributed by atoms with Crippen molar-refractivity contribution >= 4 is 52.3 Å². The Labute approximate surface area is 212 Å². The lowest BCUT2D eigenvalue weighted by molar-refractivity contribution is -0.385. The van der Waals surface area contributed by atoms with Gasteiger partial charge < -0.3 is 20.4 Å². The summed E-state index contributed by atoms with van der Waals surface area (Å²) in [6, 6.07) is 8.21. The van der Waals surface area contributed by atoms with E-state index in [1.165, 1.54) is 26.0 Å². The molecule has 3 rings (SSSR count). The van der Waals surface area contributed by atoms with Crippen LogP contribution in [0.2, 0.25) is 10.0 Å². The van der Waals surface area contributed by atoms with Gasteiger partial charge in [-0.05, 0) is 36.8 Å². The highest BCUT2D eigenvalue weighted by atomic mass is 35.5. The topological polar surface area (TPSA) is 125 Å². The van der Waals surface area contributed by atoms with Crippen molar-refractivity contribution < 1.29 is 19.3 Å². The van der Waals surface area contributed by atoms with Crippen LogP contribution in [-0.4, -0.2) is 59.8 Å². The number of hydrogen-bond donors (Lipinski definition) is 2. The van der Waals surface area contributed by atoms with Gasteiger partial charge in [-0.25, -0.2) is 0 Å². The maximum atomic E-state index is 12.9. The molecule has 2 aromatic carbocycles. The minimum absolute atomic E-state index is 0.0148. The van der Waals surface area contributed by atoms with Crippen LogP contribution in [0.25, 0.3) is 0 Å². The van der Waals surface area contributed by atoms with Crippen LogP contribution in [0.15, 0.2) is 36.4 Å². The number of nitro groups is 1. The minimum atomic E-state index is -0.962. The van der Waals surface area contributed by atoms with E-state index in [-0.39, 0.29) is 23.7 Å². The number of carbonyl (C=O) groups is 3. The fourth-order valence-electron chi connectivity index (χ4n) is 3.68. The molecule has 0 bridgehead atoms. The second-order valence-electron chi connectivity index (χ2n) is 8.10. The molecule has 0 aliphatic carbocycles. The van der Waals surface area contributed by atoms with Crippen LogP contribution in [0.1, 0.15) is 29.8 Å². The first-order valence-electron chi connectivity index (χ1n) is 10.9. The summed E-state index contributed by atoms with van der Waals surface area (Å²) in [6.45, 7) is 5.20. The van der Waals surface area contributed by atoms with E-state index in [4.69, 9.17) is 23.2 Å². The lowest BCUT2D eigenvalue weighted by Gasteiger charge is -2.35. The molecule has 12 heteroatoms. The Morgan fingerprint density at radius 3 is 2.37 bits per heavy atom. The molecular formula is C23H25Cl2N5O5. The molecule has 0 radical (unpaired) electrons. The van der Waals surface area contributed by atoms with Crippen LogP contribution in [0.4, 0.5) is 11.4 Å². The van der Waals surface area contributed by atoms with Gasteiger partial charge in [-0.2, -0.15) is 0 Å². The van der Waals surface area contributed by atoms with Crippen LogP contribution < -0.4 is 15.5 Å². The maximum absolute atomic E-state index is 12.9. The van der Waals surface area contributed by atoms with Crippen LogP contribution in [0.5, 0.6) is 0 Å². The lowest BCUT2D eigenvalue weighted by atomic mass is 10.1. The van der Waals surface area contributed by atoms with Crippen LogP contribution in [-0.2, 0) is 16.1 Å². The number of anilines is 1. The van der Waals surface area contributed by atoms with Gasteiger partial charge >= 0.3 is 0 Å². The zero-order valence-electron chi connectivity index (χ0n) is 19.2. The van der Waals surface area contributed by atoms with Gasteiger partial charge in [0.15, 0.2) is 0 Å². The standard InChI is InChI=1S/C23H25Cl2N5O5/c1-14(22(32)26-13-16-3-4-17(24)11-20(16)25)27-23(33)19-12-18(5-6-21(19)30(34)35)29-9-7-28(8-10-29)15(2)31/h3-6,11-12,14H,7-10,13H2,1-2H3,(H,26,32)(H,27,33). The number of amides is 3. The molecule has 1 atom stereocenters. The molecule has 10 nitrogen and oxygen atoms in total. The van der Waals surface area contributed by atoms with E-state index < -0.39 is 22.8 Å². The van der Waals surface area contributed by atoms with Gasteiger partial charge in [0, 0.05) is 61.4 Å². The predicted molar refractivity (Wildman–Crippen MR) is 133 cm³/mol. The van der Waals surface area contributed by atoms with Crippen LogP contribution >= 0.6 is 23.2 Å². The Morgan fingerprint density at radius 1 is 1.09 bits per heavy atom. The zero-order chi connectivity index (χ0) is 25.7. The highest BCUT2D eigenvalue weighted by molar-refractivity contribution is 6.35. The number of rotatable bonds is 7. The molecule has 0 aromatic heterocycles. The summed E-state index contributed by atoms with van der Waals surface area (Å²) in [5.41, 5.74) is 0.755. The number of piperazine rings is 1. The molecule has 2 aromatic rings. The third kappa shape index (κ3) is 6.61. The first-order valence-corrected chi connectivity index (χ1v) is 11.6. The number of nitro benzene ring substituents is 1. The van der Waals surface area contributed by atoms with E-state index in [2.05, 4.69) is 10.6 Å². The number of carbonyl (C=O) groups excluding carboxylic acids is 3. The van der Waals surface area contributed by atoms with E-state index >= 15 is 0 Å². The Hall–Kier alpha value is -3.37. The molecule has 2 N–H and O–H groups in total. The average molecular weight is 522 g/mol. The molecule has 0 spiro atoms. The van der Waals surface area contributed by atoms with Gasteiger partial charge in [0.1, 0.15) is 11.6 Å². The molecule has 0 saturated carbocycles. The minimum Gasteiger partial charge on any atom is -0.368 e. The summed E-state index contributed by atoms with van der Waals surface area (Å²) in [4.78, 5) is 51.5. The molecule has 35 heavy (non-hydrogen) atoms. The van der Waals surface area contributed by atoms with Gasteiger partial charge in [0.2, 0.25) is 11.8 Å². The second kappa shape index (κ2) is 11.4. The lowest BCUT2D eigenvalue weighted by Crippen LogP contribution is -2.48. The van der Waals surface area contributed by atoms with Crippen molar-refractivity contribution in [2.45, 2.75) is 26.4 Å². The molecular weight excluding hydrogens is 497 g/mol. The fraction of sp³-hybridized carbons (Fsp3) is 0.348. The van der Waals surface area contributed by atoms with E-state index in [1.54, 1.807) is 29.2 Å². The molecule has 1 aliphatic heterocycles. The Morgan fingerprint density at radius 2 is 1.77 bits per heavy atom. The molecule has 1 heterocycles. The predicted octanol–water partition coefficient (Wildman–Crippen LogP) is 3.00. The van der Waals surface area contributed by atoms with E-state index in [0.29, 0.717) is 47.5 Å². The van der Waals surface area contributed by atoms with E-state index in [0.717, 1.165) is 0 Å². The second-order valence-corrected chi connectivity index (χ2v) is 8.94. The highest BCUT2D eigenvalue weighted by Gasteiger charge is 2.26. The molecule has 1 saturated heterocycles. The maximum Gasteiger partial charge on any atom is 0.282 e. The summed E-state index contributed by atoms with van der Waals surface area (Å²) in [6.07, 6.45) is 0. The summed E-state index contributed by atoms with van der Waals surface area (Å²) < 4.78 is 0. The summed E-state index contributed by atoms with van der Waals surface area (Å²) >= 11 is 12.0. The van der Waals surface area contributed by atoms with Crippen molar-refractivity contribution in [2.24, 2.45) is 0 Å². The normalized spacial score (nSPS) is 14.3. The van der Waals surface area contributed by atoms with Crippen molar-refractivity contribution in [3.8, 4) is 0 Å². The van der Waals surface area contributed by atoms with Gasteiger partial charge in [0.25, 0.3) is 11.6 Å². The van der Waals surface area contributed by atoms with Crippen molar-refractivity contribution in [1.29, 1.82) is 0 Å². The molecule has 1 fully saturated rings. The van der Waals surface area contributed by atoms with Gasteiger partial charge in [0.05, 0.1) is 4.92 Å². The fourth-order valence-corrected chi connectivity index (χ4v) is 4.16. The Balaban J connectivity index is 1.68. The SMILES string of the molecule is CC(=O)N1CCN(c2ccc([N+](=O)[O-])c(C(=O)NC(C)C(=O)NCc3ccc(Cl)cc3Cl)c2)CC1. The summed E-state index contributed by atoms with van der Waals surface area (Å²) in [7, 11) is 0. The average Bonchev–Trinajstić information content (AvgIpc) is 2.82. The van der Waals surface area contributed by atoms with E-state index in [9.17, 15) is 24.5 Å². The summed E-state index contributed by atoms with van der Waals surface area (Å²) in [5.74, 6) is -1.24. The Kier molecular flexibility index (Phi) is 8.52. The van der Waals surface area contributed by atoms with Gasteiger partial charge in [-0.1, -0.05) is 29.3 Å². The highest BCUT2D eigenvalue weighted by Crippen LogP contribution is 2.26. The summed E-state index contributed by atoms with van der Waals surface area (Å²) in [5, 5.41) is 17.6. The van der Waals surface area contributed by atoms with E-state index in [1.807, 2.05) is 4.90 Å². The monoisotopic (exact) mass is 521 g/mol. The van der Waals surface area contributed by atoms with Crippen molar-refractivity contribution in [2.75, 3.05) is 31.1 Å². The van der Waals surface area contributed by atoms with Gasteiger partial charge in [-0.15, -0.1) is 0 Å².